The standard InChI is InChI=1S/C8H21NOSi/c1-7-10-11(5,6)8(2)9(3)4/h8H,7H2,1-6H3. The average molecular weight is 175 g/mol. The monoisotopic (exact) mass is 175 g/mol. The van der Waals surface area contributed by atoms with Crippen LogP contribution in [0.2, 0.25) is 13.1 Å². The zero-order chi connectivity index (χ0) is 9.07. The molecule has 0 saturated carbocycles. The highest BCUT2D eigenvalue weighted by molar-refractivity contribution is 6.72. The van der Waals surface area contributed by atoms with E-state index in [-0.39, 0.29) is 0 Å². The lowest BCUT2D eigenvalue weighted by Gasteiger charge is -2.33. The molecule has 0 aromatic heterocycles. The van der Waals surface area contributed by atoms with Gasteiger partial charge in [0.25, 0.3) is 0 Å². The quantitative estimate of drug-likeness (QED) is 0.603. The third kappa shape index (κ3) is 3.36. The van der Waals surface area contributed by atoms with Gasteiger partial charge in [-0.3, -0.25) is 0 Å². The van der Waals surface area contributed by atoms with E-state index in [9.17, 15) is 0 Å². The van der Waals surface area contributed by atoms with E-state index in [1.165, 1.54) is 0 Å². The lowest BCUT2D eigenvalue weighted by atomic mass is 10.7. The maximum Gasteiger partial charge on any atom is 0.203 e. The molecule has 0 aliphatic carbocycles. The maximum atomic E-state index is 5.75. The Bertz CT molecular complexity index is 115. The van der Waals surface area contributed by atoms with E-state index >= 15 is 0 Å². The van der Waals surface area contributed by atoms with E-state index < -0.39 is 8.32 Å². The highest BCUT2D eigenvalue weighted by Crippen LogP contribution is 2.13. The van der Waals surface area contributed by atoms with Crippen LogP contribution in [0.4, 0.5) is 0 Å². The average Bonchev–Trinajstić information content (AvgIpc) is 1.86. The van der Waals surface area contributed by atoms with Crippen molar-refractivity contribution in [2.45, 2.75) is 32.6 Å². The molecule has 0 aliphatic rings. The Morgan fingerprint density at radius 3 is 2.09 bits per heavy atom. The summed E-state index contributed by atoms with van der Waals surface area (Å²) in [6, 6.07) is 0. The summed E-state index contributed by atoms with van der Waals surface area (Å²) in [5.74, 6) is 0. The van der Waals surface area contributed by atoms with Gasteiger partial charge in [-0.15, -0.1) is 0 Å². The van der Waals surface area contributed by atoms with Gasteiger partial charge in [0.15, 0.2) is 0 Å². The minimum absolute atomic E-state index is 0.586. The second kappa shape index (κ2) is 4.23. The van der Waals surface area contributed by atoms with Gasteiger partial charge >= 0.3 is 0 Å². The number of hydrogen-bond acceptors (Lipinski definition) is 2. The Morgan fingerprint density at radius 2 is 1.82 bits per heavy atom. The molecule has 68 valence electrons. The zero-order valence-corrected chi connectivity index (χ0v) is 9.64. The highest BCUT2D eigenvalue weighted by atomic mass is 28.4. The lowest BCUT2D eigenvalue weighted by Crippen LogP contribution is -2.50. The summed E-state index contributed by atoms with van der Waals surface area (Å²) in [7, 11) is 2.78. The fourth-order valence-electron chi connectivity index (χ4n) is 1.11. The van der Waals surface area contributed by atoms with Crippen molar-refractivity contribution in [2.24, 2.45) is 0 Å². The van der Waals surface area contributed by atoms with Gasteiger partial charge in [0.05, 0.1) is 0 Å². The molecule has 3 heteroatoms. The van der Waals surface area contributed by atoms with Crippen LogP contribution in [-0.4, -0.2) is 39.6 Å². The first kappa shape index (κ1) is 11.1. The van der Waals surface area contributed by atoms with Gasteiger partial charge in [-0.05, 0) is 41.0 Å². The smallest absolute Gasteiger partial charge is 0.203 e. The molecule has 0 aromatic carbocycles. The lowest BCUT2D eigenvalue weighted by molar-refractivity contribution is 0.278. The summed E-state index contributed by atoms with van der Waals surface area (Å²) in [6.45, 7) is 9.68. The van der Waals surface area contributed by atoms with E-state index in [1.807, 2.05) is 0 Å². The molecule has 11 heavy (non-hydrogen) atoms. The van der Waals surface area contributed by atoms with Crippen molar-refractivity contribution in [2.75, 3.05) is 20.7 Å². The van der Waals surface area contributed by atoms with E-state index in [2.05, 4.69) is 45.9 Å². The topological polar surface area (TPSA) is 12.5 Å². The number of rotatable bonds is 4. The van der Waals surface area contributed by atoms with Crippen LogP contribution in [0.5, 0.6) is 0 Å². The van der Waals surface area contributed by atoms with Crippen LogP contribution < -0.4 is 0 Å². The molecule has 1 atom stereocenters. The summed E-state index contributed by atoms with van der Waals surface area (Å²) in [5, 5.41) is 0. The molecular weight excluding hydrogens is 154 g/mol. The normalized spacial score (nSPS) is 15.5. The van der Waals surface area contributed by atoms with Gasteiger partial charge in [0.2, 0.25) is 8.32 Å². The third-order valence-electron chi connectivity index (χ3n) is 2.30. The van der Waals surface area contributed by atoms with Gasteiger partial charge in [-0.25, -0.2) is 0 Å². The fraction of sp³-hybridized carbons (Fsp3) is 1.00. The van der Waals surface area contributed by atoms with E-state index in [0.29, 0.717) is 5.67 Å². The van der Waals surface area contributed by atoms with Gasteiger partial charge < -0.3 is 9.33 Å². The summed E-state index contributed by atoms with van der Waals surface area (Å²) in [6.07, 6.45) is 0. The molecule has 0 spiro atoms. The van der Waals surface area contributed by atoms with Crippen molar-refractivity contribution in [1.29, 1.82) is 0 Å². The highest BCUT2D eigenvalue weighted by Gasteiger charge is 2.30. The van der Waals surface area contributed by atoms with E-state index in [1.54, 1.807) is 0 Å². The van der Waals surface area contributed by atoms with Crippen LogP contribution in [0.25, 0.3) is 0 Å². The summed E-state index contributed by atoms with van der Waals surface area (Å²) in [4.78, 5) is 2.24. The van der Waals surface area contributed by atoms with Crippen LogP contribution >= 0.6 is 0 Å². The fourth-order valence-corrected chi connectivity index (χ4v) is 3.34. The molecule has 0 heterocycles. The summed E-state index contributed by atoms with van der Waals surface area (Å²) < 4.78 is 5.75. The van der Waals surface area contributed by atoms with Crippen LogP contribution in [0.1, 0.15) is 13.8 Å². The van der Waals surface area contributed by atoms with Gasteiger partial charge in [-0.1, -0.05) is 0 Å². The molecule has 0 radical (unpaired) electrons. The second-order valence-electron chi connectivity index (χ2n) is 3.68. The van der Waals surface area contributed by atoms with Gasteiger partial charge in [0.1, 0.15) is 0 Å². The Hall–Kier alpha value is 0.137. The van der Waals surface area contributed by atoms with Gasteiger partial charge in [0, 0.05) is 12.3 Å². The molecule has 0 amide bonds. The first-order valence-electron chi connectivity index (χ1n) is 4.22. The molecule has 2 nitrogen and oxygen atoms in total. The summed E-state index contributed by atoms with van der Waals surface area (Å²) >= 11 is 0. The van der Waals surface area contributed by atoms with Crippen LogP contribution in [-0.2, 0) is 4.43 Å². The SMILES string of the molecule is CCO[Si](C)(C)C(C)N(C)C. The Morgan fingerprint density at radius 1 is 1.36 bits per heavy atom. The van der Waals surface area contributed by atoms with Crippen molar-refractivity contribution in [3.63, 3.8) is 0 Å². The van der Waals surface area contributed by atoms with Crippen LogP contribution in [0.3, 0.4) is 0 Å². The van der Waals surface area contributed by atoms with Gasteiger partial charge in [-0.2, -0.15) is 0 Å². The largest absolute Gasteiger partial charge is 0.416 e. The van der Waals surface area contributed by atoms with Crippen LogP contribution in [0, 0.1) is 0 Å². The van der Waals surface area contributed by atoms with Crippen molar-refractivity contribution in [3.05, 3.63) is 0 Å². The number of hydrogen-bond donors (Lipinski definition) is 0. The first-order valence-corrected chi connectivity index (χ1v) is 7.20. The predicted octanol–water partition coefficient (Wildman–Crippen LogP) is 1.72. The molecule has 0 aromatic rings. The Balaban J connectivity index is 4.05. The van der Waals surface area contributed by atoms with Crippen molar-refractivity contribution in [3.8, 4) is 0 Å². The predicted molar refractivity (Wildman–Crippen MR) is 52.3 cm³/mol. The molecular formula is C8H21NOSi. The van der Waals surface area contributed by atoms with E-state index in [4.69, 9.17) is 4.43 Å². The minimum atomic E-state index is -1.44. The molecule has 0 rings (SSSR count). The Kier molecular flexibility index (Phi) is 4.29. The van der Waals surface area contributed by atoms with Crippen molar-refractivity contribution in [1.82, 2.24) is 4.90 Å². The van der Waals surface area contributed by atoms with E-state index in [0.717, 1.165) is 6.61 Å². The molecule has 0 saturated heterocycles. The van der Waals surface area contributed by atoms with Crippen LogP contribution in [0.15, 0.2) is 0 Å². The Labute approximate surface area is 71.7 Å². The maximum absolute atomic E-state index is 5.75. The van der Waals surface area contributed by atoms with Crippen molar-refractivity contribution < 1.29 is 4.43 Å². The first-order chi connectivity index (χ1) is 4.91. The molecule has 0 aliphatic heterocycles. The zero-order valence-electron chi connectivity index (χ0n) is 8.64. The second-order valence-corrected chi connectivity index (χ2v) is 8.01. The van der Waals surface area contributed by atoms with Crippen molar-refractivity contribution >= 4 is 8.32 Å². The minimum Gasteiger partial charge on any atom is -0.416 e. The molecule has 0 bridgehead atoms. The molecule has 1 unspecified atom stereocenters. The molecule has 0 fully saturated rings. The summed E-state index contributed by atoms with van der Waals surface area (Å²) in [5.41, 5.74) is 0.586. The number of nitrogens with zero attached hydrogens (tertiary/aromatic N) is 1. The third-order valence-corrected chi connectivity index (χ3v) is 5.86. The molecule has 0 N–H and O–H groups in total.